The number of hydrogen-bond acceptors (Lipinski definition) is 6. The highest BCUT2D eigenvalue weighted by atomic mass is 32.2. The number of amides is 1. The largest absolute Gasteiger partial charge is 0.492 e. The monoisotopic (exact) mass is 421 g/mol. The number of sulfonamides is 1. The summed E-state index contributed by atoms with van der Waals surface area (Å²) in [5, 5.41) is 6.89. The highest BCUT2D eigenvalue weighted by molar-refractivity contribution is 7.89. The van der Waals surface area contributed by atoms with Crippen LogP contribution in [0.2, 0.25) is 0 Å². The fourth-order valence-electron chi connectivity index (χ4n) is 3.44. The van der Waals surface area contributed by atoms with Crippen LogP contribution in [0.3, 0.4) is 0 Å². The third-order valence-corrected chi connectivity index (χ3v) is 6.74. The molecular formula is C19H27N5O4S. The normalized spacial score (nSPS) is 16.1. The fraction of sp³-hybridized carbons (Fsp3) is 0.526. The van der Waals surface area contributed by atoms with E-state index in [2.05, 4.69) is 15.4 Å². The van der Waals surface area contributed by atoms with Gasteiger partial charge in [0.15, 0.2) is 0 Å². The zero-order valence-corrected chi connectivity index (χ0v) is 17.7. The first-order chi connectivity index (χ1) is 13.8. The van der Waals surface area contributed by atoms with Crippen LogP contribution in [0.15, 0.2) is 35.7 Å². The van der Waals surface area contributed by atoms with Crippen LogP contribution in [-0.4, -0.2) is 53.1 Å². The van der Waals surface area contributed by atoms with Gasteiger partial charge in [0.2, 0.25) is 15.9 Å². The lowest BCUT2D eigenvalue weighted by atomic mass is 10.0. The van der Waals surface area contributed by atoms with Gasteiger partial charge in [-0.2, -0.15) is 9.40 Å². The minimum atomic E-state index is -3.70. The summed E-state index contributed by atoms with van der Waals surface area (Å²) in [5.74, 6) is -0.0412. The van der Waals surface area contributed by atoms with E-state index in [4.69, 9.17) is 4.74 Å². The third kappa shape index (κ3) is 4.59. The van der Waals surface area contributed by atoms with Gasteiger partial charge in [0.05, 0.1) is 6.61 Å². The maximum absolute atomic E-state index is 13.1. The lowest BCUT2D eigenvalue weighted by Gasteiger charge is -2.21. The van der Waals surface area contributed by atoms with Crippen LogP contribution in [0.5, 0.6) is 5.75 Å². The van der Waals surface area contributed by atoms with E-state index < -0.39 is 16.1 Å². The van der Waals surface area contributed by atoms with Gasteiger partial charge >= 0.3 is 0 Å². The van der Waals surface area contributed by atoms with Crippen LogP contribution >= 0.6 is 0 Å². The van der Waals surface area contributed by atoms with Gasteiger partial charge in [-0.05, 0) is 43.9 Å². The van der Waals surface area contributed by atoms with Crippen molar-refractivity contribution < 1.29 is 17.9 Å². The maximum Gasteiger partial charge on any atom is 0.249 e. The molecule has 1 saturated heterocycles. The van der Waals surface area contributed by atoms with Crippen molar-refractivity contribution in [3.63, 3.8) is 0 Å². The molecule has 0 spiro atoms. The lowest BCUT2D eigenvalue weighted by molar-refractivity contribution is -0.120. The number of carbonyl (C=O) groups excluding carboxylic acids is 1. The van der Waals surface area contributed by atoms with Gasteiger partial charge in [-0.1, -0.05) is 13.8 Å². The summed E-state index contributed by atoms with van der Waals surface area (Å²) in [6.07, 6.45) is 4.55. The summed E-state index contributed by atoms with van der Waals surface area (Å²) in [6.45, 7) is 6.95. The SMILES string of the molecule is CCOc1ccc(NC(=O)[C@H](C(C)C)n2cncn2)cc1S(=O)(=O)N1CCCC1. The summed E-state index contributed by atoms with van der Waals surface area (Å²) in [5.41, 5.74) is 0.391. The highest BCUT2D eigenvalue weighted by Gasteiger charge is 2.31. The number of rotatable bonds is 8. The minimum absolute atomic E-state index is 0.0350. The number of hydrogen-bond donors (Lipinski definition) is 1. The Bertz CT molecular complexity index is 938. The molecule has 9 nitrogen and oxygen atoms in total. The molecule has 3 rings (SSSR count). The van der Waals surface area contributed by atoms with E-state index in [1.807, 2.05) is 13.8 Å². The molecule has 1 aromatic heterocycles. The van der Waals surface area contributed by atoms with E-state index in [0.717, 1.165) is 12.8 Å². The molecule has 1 amide bonds. The zero-order valence-electron chi connectivity index (χ0n) is 16.9. The molecule has 29 heavy (non-hydrogen) atoms. The van der Waals surface area contributed by atoms with E-state index in [-0.39, 0.29) is 22.5 Å². The number of ether oxygens (including phenoxy) is 1. The summed E-state index contributed by atoms with van der Waals surface area (Å²) in [6, 6.07) is 4.13. The average molecular weight is 422 g/mol. The van der Waals surface area contributed by atoms with Gasteiger partial charge in [0.25, 0.3) is 0 Å². The van der Waals surface area contributed by atoms with E-state index in [9.17, 15) is 13.2 Å². The van der Waals surface area contributed by atoms with Crippen LogP contribution in [0.25, 0.3) is 0 Å². The Labute approximate surface area is 171 Å². The van der Waals surface area contributed by atoms with Crippen molar-refractivity contribution in [3.8, 4) is 5.75 Å². The number of carbonyl (C=O) groups is 1. The van der Waals surface area contributed by atoms with E-state index in [1.165, 1.54) is 27.7 Å². The first-order valence-corrected chi connectivity index (χ1v) is 11.2. The van der Waals surface area contributed by atoms with Crippen LogP contribution in [0, 0.1) is 5.92 Å². The van der Waals surface area contributed by atoms with Crippen molar-refractivity contribution in [3.05, 3.63) is 30.9 Å². The number of nitrogens with one attached hydrogen (secondary N) is 1. The second-order valence-corrected chi connectivity index (χ2v) is 9.17. The van der Waals surface area contributed by atoms with Crippen LogP contribution in [0.1, 0.15) is 39.7 Å². The fourth-order valence-corrected chi connectivity index (χ4v) is 5.11. The van der Waals surface area contributed by atoms with Crippen LogP contribution in [-0.2, 0) is 14.8 Å². The van der Waals surface area contributed by atoms with Crippen molar-refractivity contribution in [2.24, 2.45) is 5.92 Å². The van der Waals surface area contributed by atoms with Crippen molar-refractivity contribution >= 4 is 21.6 Å². The van der Waals surface area contributed by atoms with Crippen molar-refractivity contribution in [1.82, 2.24) is 19.1 Å². The van der Waals surface area contributed by atoms with Gasteiger partial charge < -0.3 is 10.1 Å². The lowest BCUT2D eigenvalue weighted by Crippen LogP contribution is -2.31. The van der Waals surface area contributed by atoms with E-state index >= 15 is 0 Å². The topological polar surface area (TPSA) is 106 Å². The summed E-state index contributed by atoms with van der Waals surface area (Å²) < 4.78 is 34.7. The Balaban J connectivity index is 1.91. The number of benzene rings is 1. The van der Waals surface area contributed by atoms with Gasteiger partial charge in [0.1, 0.15) is 29.3 Å². The molecule has 10 heteroatoms. The number of nitrogens with zero attached hydrogens (tertiary/aromatic N) is 4. The first kappa shape index (κ1) is 21.3. The van der Waals surface area contributed by atoms with Gasteiger partial charge in [-0.15, -0.1) is 0 Å². The Morgan fingerprint density at radius 1 is 1.28 bits per heavy atom. The van der Waals surface area contributed by atoms with E-state index in [0.29, 0.717) is 25.4 Å². The summed E-state index contributed by atoms with van der Waals surface area (Å²) in [4.78, 5) is 16.9. The molecule has 2 heterocycles. The van der Waals surface area contributed by atoms with Gasteiger partial charge in [-0.3, -0.25) is 4.79 Å². The smallest absolute Gasteiger partial charge is 0.249 e. The molecule has 158 valence electrons. The highest BCUT2D eigenvalue weighted by Crippen LogP contribution is 2.32. The summed E-state index contributed by atoms with van der Waals surface area (Å²) in [7, 11) is -3.70. The molecule has 1 aromatic carbocycles. The molecule has 1 aliphatic heterocycles. The quantitative estimate of drug-likeness (QED) is 0.701. The van der Waals surface area contributed by atoms with Crippen molar-refractivity contribution in [1.29, 1.82) is 0 Å². The molecule has 1 N–H and O–H groups in total. The van der Waals surface area contributed by atoms with Crippen molar-refractivity contribution in [2.45, 2.75) is 44.6 Å². The summed E-state index contributed by atoms with van der Waals surface area (Å²) >= 11 is 0. The number of anilines is 1. The van der Waals surface area contributed by atoms with Crippen LogP contribution < -0.4 is 10.1 Å². The standard InChI is InChI=1S/C19H27N5O4S/c1-4-28-16-8-7-15(11-17(16)29(26,27)23-9-5-6-10-23)22-19(25)18(14(2)3)24-13-20-12-21-24/h7-8,11-14,18H,4-6,9-10H2,1-3H3,(H,22,25)/t18-/m0/s1. The molecule has 1 atom stereocenters. The molecular weight excluding hydrogens is 394 g/mol. The Hall–Kier alpha value is -2.46. The Morgan fingerprint density at radius 2 is 2.00 bits per heavy atom. The molecule has 2 aromatic rings. The first-order valence-electron chi connectivity index (χ1n) is 9.76. The molecule has 0 saturated carbocycles. The molecule has 0 radical (unpaired) electrons. The van der Waals surface area contributed by atoms with Gasteiger partial charge in [0, 0.05) is 18.8 Å². The predicted molar refractivity (Wildman–Crippen MR) is 108 cm³/mol. The molecule has 1 fully saturated rings. The molecule has 1 aliphatic rings. The molecule has 0 unspecified atom stereocenters. The Morgan fingerprint density at radius 3 is 2.59 bits per heavy atom. The number of aromatic nitrogens is 3. The van der Waals surface area contributed by atoms with Crippen LogP contribution in [0.4, 0.5) is 5.69 Å². The average Bonchev–Trinajstić information content (AvgIpc) is 3.37. The van der Waals surface area contributed by atoms with E-state index in [1.54, 1.807) is 19.1 Å². The molecule has 0 aliphatic carbocycles. The van der Waals surface area contributed by atoms with Crippen molar-refractivity contribution in [2.75, 3.05) is 25.0 Å². The second kappa shape index (κ2) is 8.91. The predicted octanol–water partition coefficient (Wildman–Crippen LogP) is 2.30. The zero-order chi connectivity index (χ0) is 21.0. The molecule has 0 bridgehead atoms. The minimum Gasteiger partial charge on any atom is -0.492 e. The third-order valence-electron chi connectivity index (χ3n) is 4.82. The maximum atomic E-state index is 13.1. The second-order valence-electron chi connectivity index (χ2n) is 7.26. The van der Waals surface area contributed by atoms with Gasteiger partial charge in [-0.25, -0.2) is 18.1 Å². The Kier molecular flexibility index (Phi) is 6.53.